The van der Waals surface area contributed by atoms with Crippen molar-refractivity contribution in [2.45, 2.75) is 59.2 Å². The molecule has 0 unspecified atom stereocenters. The molecule has 0 bridgehead atoms. The number of carbonyl (C=O) groups excluding carboxylic acids is 1. The molecule has 1 aromatic rings. The van der Waals surface area contributed by atoms with Crippen LogP contribution in [0.15, 0.2) is 0 Å². The molecular formula is C16H27N5O. The molecule has 1 saturated heterocycles. The maximum atomic E-state index is 13.0. The van der Waals surface area contributed by atoms with Crippen molar-refractivity contribution in [3.8, 4) is 0 Å². The number of amides is 1. The summed E-state index contributed by atoms with van der Waals surface area (Å²) >= 11 is 0. The number of rotatable bonds is 3. The number of hydrogen-bond acceptors (Lipinski definition) is 4. The summed E-state index contributed by atoms with van der Waals surface area (Å²) in [5.74, 6) is 2.75. The Hall–Kier alpha value is -1.43. The van der Waals surface area contributed by atoms with Gasteiger partial charge in [0.05, 0.1) is 12.6 Å². The van der Waals surface area contributed by atoms with E-state index in [1.54, 1.807) is 0 Å². The third-order valence-corrected chi connectivity index (χ3v) is 4.75. The summed E-state index contributed by atoms with van der Waals surface area (Å²) in [5.41, 5.74) is 0. The van der Waals surface area contributed by atoms with E-state index >= 15 is 0 Å². The van der Waals surface area contributed by atoms with Gasteiger partial charge in [0, 0.05) is 19.6 Å². The predicted molar refractivity (Wildman–Crippen MR) is 84.2 cm³/mol. The highest BCUT2D eigenvalue weighted by Crippen LogP contribution is 2.22. The second kappa shape index (κ2) is 6.36. The van der Waals surface area contributed by atoms with Crippen molar-refractivity contribution in [3.05, 3.63) is 11.6 Å². The van der Waals surface area contributed by atoms with Gasteiger partial charge in [0.25, 0.3) is 0 Å². The highest BCUT2D eigenvalue weighted by molar-refractivity contribution is 5.82. The van der Waals surface area contributed by atoms with Gasteiger partial charge in [-0.15, -0.1) is 10.2 Å². The molecule has 2 aliphatic heterocycles. The lowest BCUT2D eigenvalue weighted by atomic mass is 9.99. The molecule has 122 valence electrons. The number of likely N-dealkylation sites (tertiary alicyclic amines) is 1. The Bertz CT molecular complexity index is 539. The summed E-state index contributed by atoms with van der Waals surface area (Å²) in [6, 6.07) is 0.0618. The van der Waals surface area contributed by atoms with E-state index in [0.29, 0.717) is 12.5 Å². The summed E-state index contributed by atoms with van der Waals surface area (Å²) in [5, 5.41) is 8.33. The molecule has 0 aliphatic carbocycles. The highest BCUT2D eigenvalue weighted by atomic mass is 16.2. The largest absolute Gasteiger partial charge is 0.332 e. The Morgan fingerprint density at radius 3 is 2.82 bits per heavy atom. The zero-order valence-corrected chi connectivity index (χ0v) is 14.0. The zero-order chi connectivity index (χ0) is 15.7. The third-order valence-electron chi connectivity index (χ3n) is 4.75. The average Bonchev–Trinajstić information content (AvgIpc) is 2.87. The van der Waals surface area contributed by atoms with Gasteiger partial charge in [0.2, 0.25) is 5.91 Å². The maximum Gasteiger partial charge on any atom is 0.240 e. The van der Waals surface area contributed by atoms with Gasteiger partial charge in [0.1, 0.15) is 5.82 Å². The van der Waals surface area contributed by atoms with Crippen LogP contribution in [0.2, 0.25) is 0 Å². The van der Waals surface area contributed by atoms with Gasteiger partial charge in [-0.25, -0.2) is 0 Å². The topological polar surface area (TPSA) is 54.3 Å². The van der Waals surface area contributed by atoms with Crippen LogP contribution in [0.25, 0.3) is 0 Å². The van der Waals surface area contributed by atoms with Crippen LogP contribution in [0.3, 0.4) is 0 Å². The lowest BCUT2D eigenvalue weighted by molar-refractivity contribution is -0.140. The van der Waals surface area contributed by atoms with Crippen molar-refractivity contribution in [2.24, 2.45) is 5.92 Å². The van der Waals surface area contributed by atoms with Gasteiger partial charge < -0.3 is 9.47 Å². The molecule has 1 amide bonds. The van der Waals surface area contributed by atoms with Gasteiger partial charge in [-0.1, -0.05) is 20.3 Å². The second-order valence-electron chi connectivity index (χ2n) is 6.98. The SMILES string of the molecule is Cc1nnc2n1CCN(C(=O)[C@H]1CCCCN1CC(C)C)C2. The number of aryl methyl sites for hydroxylation is 1. The molecular weight excluding hydrogens is 278 g/mol. The number of fused-ring (bicyclic) bond motifs is 1. The van der Waals surface area contributed by atoms with E-state index in [2.05, 4.69) is 33.5 Å². The van der Waals surface area contributed by atoms with Crippen LogP contribution in [0.5, 0.6) is 0 Å². The van der Waals surface area contributed by atoms with Gasteiger partial charge in [-0.2, -0.15) is 0 Å². The minimum Gasteiger partial charge on any atom is -0.332 e. The molecule has 22 heavy (non-hydrogen) atoms. The highest BCUT2D eigenvalue weighted by Gasteiger charge is 2.34. The van der Waals surface area contributed by atoms with E-state index in [4.69, 9.17) is 0 Å². The quantitative estimate of drug-likeness (QED) is 0.848. The first kappa shape index (κ1) is 15.5. The Morgan fingerprint density at radius 1 is 1.23 bits per heavy atom. The molecule has 0 aromatic carbocycles. The van der Waals surface area contributed by atoms with Crippen molar-refractivity contribution in [1.82, 2.24) is 24.6 Å². The molecule has 3 rings (SSSR count). The van der Waals surface area contributed by atoms with Crippen LogP contribution in [0.4, 0.5) is 0 Å². The summed E-state index contributed by atoms with van der Waals surface area (Å²) < 4.78 is 2.12. The van der Waals surface area contributed by atoms with Crippen molar-refractivity contribution in [2.75, 3.05) is 19.6 Å². The number of hydrogen-bond donors (Lipinski definition) is 0. The molecule has 6 nitrogen and oxygen atoms in total. The lowest BCUT2D eigenvalue weighted by Crippen LogP contribution is -2.53. The van der Waals surface area contributed by atoms with E-state index < -0.39 is 0 Å². The third kappa shape index (κ3) is 3.02. The number of carbonyl (C=O) groups is 1. The van der Waals surface area contributed by atoms with Crippen molar-refractivity contribution >= 4 is 5.91 Å². The first-order valence-electron chi connectivity index (χ1n) is 8.47. The molecule has 0 saturated carbocycles. The normalized spacial score (nSPS) is 22.9. The minimum atomic E-state index is 0.0618. The van der Waals surface area contributed by atoms with Crippen molar-refractivity contribution < 1.29 is 4.79 Å². The zero-order valence-electron chi connectivity index (χ0n) is 14.0. The monoisotopic (exact) mass is 305 g/mol. The summed E-state index contributed by atoms with van der Waals surface area (Å²) in [6.45, 7) is 10.7. The fraction of sp³-hybridized carbons (Fsp3) is 0.812. The first-order chi connectivity index (χ1) is 10.6. The molecule has 6 heteroatoms. The predicted octanol–water partition coefficient (Wildman–Crippen LogP) is 1.44. The van der Waals surface area contributed by atoms with Gasteiger partial charge in [-0.05, 0) is 32.2 Å². The average molecular weight is 305 g/mol. The van der Waals surface area contributed by atoms with E-state index in [1.807, 2.05) is 11.8 Å². The van der Waals surface area contributed by atoms with Crippen LogP contribution in [0.1, 0.15) is 44.8 Å². The fourth-order valence-corrected chi connectivity index (χ4v) is 3.66. The van der Waals surface area contributed by atoms with Crippen LogP contribution >= 0.6 is 0 Å². The van der Waals surface area contributed by atoms with E-state index in [0.717, 1.165) is 50.7 Å². The smallest absolute Gasteiger partial charge is 0.240 e. The molecule has 0 N–H and O–H groups in total. The van der Waals surface area contributed by atoms with E-state index in [1.165, 1.54) is 6.42 Å². The Morgan fingerprint density at radius 2 is 2.05 bits per heavy atom. The minimum absolute atomic E-state index is 0.0618. The molecule has 1 atom stereocenters. The summed E-state index contributed by atoms with van der Waals surface area (Å²) in [7, 11) is 0. The van der Waals surface area contributed by atoms with Crippen LogP contribution in [0, 0.1) is 12.8 Å². The van der Waals surface area contributed by atoms with Gasteiger partial charge in [0.15, 0.2) is 5.82 Å². The standard InChI is InChI=1S/C16H27N5O/c1-12(2)10-19-7-5-4-6-14(19)16(22)20-8-9-21-13(3)17-18-15(21)11-20/h12,14H,4-11H2,1-3H3/t14-/m1/s1. The Labute approximate surface area is 132 Å². The molecule has 2 aliphatic rings. The van der Waals surface area contributed by atoms with Crippen molar-refractivity contribution in [1.29, 1.82) is 0 Å². The van der Waals surface area contributed by atoms with Gasteiger partial charge >= 0.3 is 0 Å². The molecule has 0 spiro atoms. The number of piperidine rings is 1. The maximum absolute atomic E-state index is 13.0. The number of nitrogens with zero attached hydrogens (tertiary/aromatic N) is 5. The molecule has 1 fully saturated rings. The number of aromatic nitrogens is 3. The van der Waals surface area contributed by atoms with Crippen LogP contribution in [-0.2, 0) is 17.9 Å². The first-order valence-corrected chi connectivity index (χ1v) is 8.47. The van der Waals surface area contributed by atoms with Crippen LogP contribution < -0.4 is 0 Å². The lowest BCUT2D eigenvalue weighted by Gasteiger charge is -2.39. The second-order valence-corrected chi connectivity index (χ2v) is 6.98. The van der Waals surface area contributed by atoms with Crippen LogP contribution in [-0.4, -0.2) is 56.1 Å². The van der Waals surface area contributed by atoms with Crippen molar-refractivity contribution in [3.63, 3.8) is 0 Å². The molecule has 3 heterocycles. The Kier molecular flexibility index (Phi) is 4.47. The fourth-order valence-electron chi connectivity index (χ4n) is 3.66. The van der Waals surface area contributed by atoms with E-state index in [-0.39, 0.29) is 11.9 Å². The summed E-state index contributed by atoms with van der Waals surface area (Å²) in [6.07, 6.45) is 3.37. The van der Waals surface area contributed by atoms with E-state index in [9.17, 15) is 4.79 Å². The molecule has 1 aromatic heterocycles. The molecule has 0 radical (unpaired) electrons. The Balaban J connectivity index is 1.70. The summed E-state index contributed by atoms with van der Waals surface area (Å²) in [4.78, 5) is 17.4. The van der Waals surface area contributed by atoms with Gasteiger partial charge in [-0.3, -0.25) is 9.69 Å².